The number of nitrogens with zero attached hydrogens (tertiary/aromatic N) is 1. The van der Waals surface area contributed by atoms with Crippen LogP contribution in [0.3, 0.4) is 0 Å². The van der Waals surface area contributed by atoms with Gasteiger partial charge in [-0.3, -0.25) is 10.1 Å². The standard InChI is InChI=1S/C11H14BrFN2O3/c1-6(2)11(16)5-14-9-3-7(12)8(13)4-10(9)15(17)18/h3-4,6,11,14,16H,5H2,1-2H3. The second-order valence-corrected chi connectivity index (χ2v) is 5.09. The highest BCUT2D eigenvalue weighted by Crippen LogP contribution is 2.30. The van der Waals surface area contributed by atoms with E-state index in [9.17, 15) is 19.6 Å². The molecule has 1 atom stereocenters. The molecule has 0 spiro atoms. The van der Waals surface area contributed by atoms with Gasteiger partial charge >= 0.3 is 0 Å². The highest BCUT2D eigenvalue weighted by molar-refractivity contribution is 9.10. The summed E-state index contributed by atoms with van der Waals surface area (Å²) in [5.74, 6) is -0.669. The van der Waals surface area contributed by atoms with Gasteiger partial charge in [0.15, 0.2) is 0 Å². The SMILES string of the molecule is CC(C)C(O)CNc1cc(Br)c(F)cc1[N+](=O)[O-]. The lowest BCUT2D eigenvalue weighted by Crippen LogP contribution is -2.25. The molecule has 0 heterocycles. The van der Waals surface area contributed by atoms with Crippen LogP contribution < -0.4 is 5.32 Å². The number of rotatable bonds is 5. The van der Waals surface area contributed by atoms with Crippen molar-refractivity contribution in [1.29, 1.82) is 0 Å². The number of hydrogen-bond donors (Lipinski definition) is 2. The van der Waals surface area contributed by atoms with Crippen molar-refractivity contribution in [1.82, 2.24) is 0 Å². The number of hydrogen-bond acceptors (Lipinski definition) is 4. The van der Waals surface area contributed by atoms with Crippen molar-refractivity contribution < 1.29 is 14.4 Å². The first-order valence-electron chi connectivity index (χ1n) is 5.38. The molecular weight excluding hydrogens is 307 g/mol. The molecule has 0 saturated carbocycles. The van der Waals surface area contributed by atoms with E-state index in [0.717, 1.165) is 6.07 Å². The third-order valence-electron chi connectivity index (χ3n) is 2.51. The summed E-state index contributed by atoms with van der Waals surface area (Å²) < 4.78 is 13.4. The molecule has 18 heavy (non-hydrogen) atoms. The maximum absolute atomic E-state index is 13.2. The Bertz CT molecular complexity index is 454. The van der Waals surface area contributed by atoms with E-state index in [-0.39, 0.29) is 28.3 Å². The Balaban J connectivity index is 2.93. The second kappa shape index (κ2) is 6.10. The van der Waals surface area contributed by atoms with Crippen LogP contribution >= 0.6 is 15.9 Å². The smallest absolute Gasteiger partial charge is 0.295 e. The highest BCUT2D eigenvalue weighted by Gasteiger charge is 2.18. The van der Waals surface area contributed by atoms with Gasteiger partial charge in [-0.2, -0.15) is 0 Å². The van der Waals surface area contributed by atoms with E-state index in [4.69, 9.17) is 0 Å². The quantitative estimate of drug-likeness (QED) is 0.646. The topological polar surface area (TPSA) is 75.4 Å². The van der Waals surface area contributed by atoms with Crippen LogP contribution in [0.25, 0.3) is 0 Å². The Morgan fingerprint density at radius 1 is 1.56 bits per heavy atom. The van der Waals surface area contributed by atoms with Crippen LogP contribution in [-0.4, -0.2) is 22.7 Å². The number of nitro benzene ring substituents is 1. The molecule has 0 bridgehead atoms. The Kier molecular flexibility index (Phi) is 5.03. The molecule has 2 N–H and O–H groups in total. The van der Waals surface area contributed by atoms with Crippen LogP contribution in [0, 0.1) is 21.8 Å². The van der Waals surface area contributed by atoms with Gasteiger partial charge in [0.2, 0.25) is 0 Å². The molecule has 1 rings (SSSR count). The van der Waals surface area contributed by atoms with Crippen molar-refractivity contribution in [2.45, 2.75) is 20.0 Å². The van der Waals surface area contributed by atoms with Gasteiger partial charge < -0.3 is 10.4 Å². The lowest BCUT2D eigenvalue weighted by atomic mass is 10.1. The molecule has 0 aliphatic rings. The second-order valence-electron chi connectivity index (χ2n) is 4.23. The van der Waals surface area contributed by atoms with E-state index in [1.165, 1.54) is 6.07 Å². The number of halogens is 2. The fourth-order valence-electron chi connectivity index (χ4n) is 1.28. The van der Waals surface area contributed by atoms with Gasteiger partial charge in [0.05, 0.1) is 21.6 Å². The molecule has 0 aliphatic heterocycles. The average Bonchev–Trinajstić information content (AvgIpc) is 2.29. The van der Waals surface area contributed by atoms with Gasteiger partial charge in [-0.25, -0.2) is 4.39 Å². The summed E-state index contributed by atoms with van der Waals surface area (Å²) in [7, 11) is 0. The zero-order valence-corrected chi connectivity index (χ0v) is 11.6. The maximum Gasteiger partial charge on any atom is 0.295 e. The number of nitro groups is 1. The van der Waals surface area contributed by atoms with Crippen molar-refractivity contribution in [2.24, 2.45) is 5.92 Å². The van der Waals surface area contributed by atoms with Crippen LogP contribution in [0.1, 0.15) is 13.8 Å². The Morgan fingerprint density at radius 3 is 2.67 bits per heavy atom. The summed E-state index contributed by atoms with van der Waals surface area (Å²) in [6.07, 6.45) is -0.631. The Hall–Kier alpha value is -1.21. The zero-order chi connectivity index (χ0) is 13.9. The first-order valence-corrected chi connectivity index (χ1v) is 6.17. The molecule has 0 saturated heterocycles. The Morgan fingerprint density at radius 2 is 2.17 bits per heavy atom. The molecule has 0 fully saturated rings. The molecule has 1 unspecified atom stereocenters. The summed E-state index contributed by atoms with van der Waals surface area (Å²) in [6, 6.07) is 2.13. The summed E-state index contributed by atoms with van der Waals surface area (Å²) >= 11 is 2.97. The number of aliphatic hydroxyl groups excluding tert-OH is 1. The third-order valence-corrected chi connectivity index (χ3v) is 3.11. The molecule has 0 aliphatic carbocycles. The molecule has 5 nitrogen and oxygen atoms in total. The minimum absolute atomic E-state index is 0.0282. The molecule has 1 aromatic rings. The van der Waals surface area contributed by atoms with E-state index in [1.807, 2.05) is 13.8 Å². The first-order chi connectivity index (χ1) is 8.32. The minimum atomic E-state index is -0.698. The van der Waals surface area contributed by atoms with Gasteiger partial charge in [0.25, 0.3) is 5.69 Å². The largest absolute Gasteiger partial charge is 0.391 e. The van der Waals surface area contributed by atoms with E-state index in [1.54, 1.807) is 0 Å². The summed E-state index contributed by atoms with van der Waals surface area (Å²) in [5, 5.41) is 23.2. The number of benzene rings is 1. The predicted octanol–water partition coefficient (Wildman–Crippen LogP) is 2.93. The van der Waals surface area contributed by atoms with Gasteiger partial charge in [0.1, 0.15) is 11.5 Å². The van der Waals surface area contributed by atoms with Crippen molar-refractivity contribution in [3.63, 3.8) is 0 Å². The maximum atomic E-state index is 13.2. The van der Waals surface area contributed by atoms with E-state index < -0.39 is 16.8 Å². The summed E-state index contributed by atoms with van der Waals surface area (Å²) in [4.78, 5) is 10.1. The number of aliphatic hydroxyl groups is 1. The first kappa shape index (κ1) is 14.8. The lowest BCUT2D eigenvalue weighted by Gasteiger charge is -2.16. The van der Waals surface area contributed by atoms with Gasteiger partial charge in [-0.05, 0) is 27.9 Å². The van der Waals surface area contributed by atoms with Gasteiger partial charge in [0, 0.05) is 6.54 Å². The van der Waals surface area contributed by atoms with Crippen molar-refractivity contribution in [2.75, 3.05) is 11.9 Å². The molecular formula is C11H14BrFN2O3. The molecule has 0 amide bonds. The molecule has 7 heteroatoms. The molecule has 0 aromatic heterocycles. The van der Waals surface area contributed by atoms with Gasteiger partial charge in [-0.15, -0.1) is 0 Å². The minimum Gasteiger partial charge on any atom is -0.391 e. The van der Waals surface area contributed by atoms with Crippen LogP contribution in [0.2, 0.25) is 0 Å². The van der Waals surface area contributed by atoms with Gasteiger partial charge in [-0.1, -0.05) is 13.8 Å². The summed E-state index contributed by atoms with van der Waals surface area (Å²) in [6.45, 7) is 3.83. The normalized spacial score (nSPS) is 12.6. The number of anilines is 1. The van der Waals surface area contributed by atoms with Crippen LogP contribution in [0.15, 0.2) is 16.6 Å². The number of nitrogens with one attached hydrogen (secondary N) is 1. The third kappa shape index (κ3) is 3.64. The fraction of sp³-hybridized carbons (Fsp3) is 0.455. The monoisotopic (exact) mass is 320 g/mol. The lowest BCUT2D eigenvalue weighted by molar-refractivity contribution is -0.384. The van der Waals surface area contributed by atoms with Crippen molar-refractivity contribution >= 4 is 27.3 Å². The average molecular weight is 321 g/mol. The predicted molar refractivity (Wildman–Crippen MR) is 70.1 cm³/mol. The van der Waals surface area contributed by atoms with Crippen LogP contribution in [-0.2, 0) is 0 Å². The van der Waals surface area contributed by atoms with E-state index >= 15 is 0 Å². The highest BCUT2D eigenvalue weighted by atomic mass is 79.9. The van der Waals surface area contributed by atoms with E-state index in [2.05, 4.69) is 21.2 Å². The van der Waals surface area contributed by atoms with Crippen molar-refractivity contribution in [3.8, 4) is 0 Å². The Labute approximate surface area is 112 Å². The van der Waals surface area contributed by atoms with Crippen molar-refractivity contribution in [3.05, 3.63) is 32.5 Å². The van der Waals surface area contributed by atoms with Crippen LogP contribution in [0.5, 0.6) is 0 Å². The zero-order valence-electron chi connectivity index (χ0n) is 9.98. The van der Waals surface area contributed by atoms with Crippen LogP contribution in [0.4, 0.5) is 15.8 Å². The molecule has 1 aromatic carbocycles. The summed E-state index contributed by atoms with van der Waals surface area (Å²) in [5.41, 5.74) is -0.181. The fourth-order valence-corrected chi connectivity index (χ4v) is 1.62. The molecule has 0 radical (unpaired) electrons. The molecule has 100 valence electrons. The van der Waals surface area contributed by atoms with E-state index in [0.29, 0.717) is 0 Å².